The molecule has 7 nitrogen and oxygen atoms in total. The lowest BCUT2D eigenvalue weighted by Gasteiger charge is -2.34. The average molecular weight is 353 g/mol. The number of nitrogens with zero attached hydrogens (tertiary/aromatic N) is 4. The first-order chi connectivity index (χ1) is 12.7. The summed E-state index contributed by atoms with van der Waals surface area (Å²) in [5.41, 5.74) is 1.47. The van der Waals surface area contributed by atoms with Gasteiger partial charge in [0.25, 0.3) is 5.56 Å². The van der Waals surface area contributed by atoms with Crippen LogP contribution in [0.15, 0.2) is 41.7 Å². The maximum absolute atomic E-state index is 12.4. The van der Waals surface area contributed by atoms with E-state index >= 15 is 0 Å². The van der Waals surface area contributed by atoms with Gasteiger partial charge in [-0.1, -0.05) is 0 Å². The Morgan fingerprint density at radius 1 is 1.19 bits per heavy atom. The largest absolute Gasteiger partial charge is 0.355 e. The van der Waals surface area contributed by atoms with E-state index in [0.29, 0.717) is 18.2 Å². The van der Waals surface area contributed by atoms with Crippen LogP contribution in [0, 0.1) is 5.92 Å². The van der Waals surface area contributed by atoms with Gasteiger partial charge in [-0.15, -0.1) is 0 Å². The molecular formula is C19H23N5O2. The van der Waals surface area contributed by atoms with Crippen molar-refractivity contribution in [3.63, 3.8) is 0 Å². The van der Waals surface area contributed by atoms with Crippen LogP contribution in [-0.2, 0) is 11.3 Å². The molecule has 0 aliphatic carbocycles. The van der Waals surface area contributed by atoms with Crippen molar-refractivity contribution in [3.05, 3.63) is 47.3 Å². The standard InChI is InChI=1S/C19H23N5O2/c25-18-10-16(15-2-1-6-20-11-15)22-13-24(18)12-14-4-8-23(9-5-14)17-3-7-21-19(17)26/h1-2,6,10-11,13-14,17H,3-5,7-9,12H2,(H,21,26). The lowest BCUT2D eigenvalue weighted by Crippen LogP contribution is -2.45. The Morgan fingerprint density at radius 2 is 2.04 bits per heavy atom. The molecular weight excluding hydrogens is 330 g/mol. The lowest BCUT2D eigenvalue weighted by atomic mass is 9.95. The molecule has 0 bridgehead atoms. The summed E-state index contributed by atoms with van der Waals surface area (Å²) < 4.78 is 1.70. The molecule has 4 heterocycles. The van der Waals surface area contributed by atoms with Crippen LogP contribution in [0.1, 0.15) is 19.3 Å². The number of pyridine rings is 1. The topological polar surface area (TPSA) is 80.1 Å². The van der Waals surface area contributed by atoms with E-state index < -0.39 is 0 Å². The third kappa shape index (κ3) is 3.53. The molecule has 0 aromatic carbocycles. The van der Waals surface area contributed by atoms with E-state index in [1.54, 1.807) is 29.4 Å². The van der Waals surface area contributed by atoms with Crippen molar-refractivity contribution in [2.45, 2.75) is 31.8 Å². The Morgan fingerprint density at radius 3 is 2.69 bits per heavy atom. The van der Waals surface area contributed by atoms with Gasteiger partial charge >= 0.3 is 0 Å². The zero-order valence-electron chi connectivity index (χ0n) is 14.7. The van der Waals surface area contributed by atoms with E-state index in [-0.39, 0.29) is 17.5 Å². The van der Waals surface area contributed by atoms with Crippen LogP contribution in [-0.4, -0.2) is 51.0 Å². The molecule has 1 N–H and O–H groups in total. The Hall–Kier alpha value is -2.54. The van der Waals surface area contributed by atoms with Gasteiger partial charge in [-0.05, 0) is 50.4 Å². The minimum Gasteiger partial charge on any atom is -0.355 e. The van der Waals surface area contributed by atoms with Gasteiger partial charge < -0.3 is 5.32 Å². The highest BCUT2D eigenvalue weighted by Gasteiger charge is 2.32. The number of nitrogens with one attached hydrogen (secondary N) is 1. The molecule has 136 valence electrons. The number of likely N-dealkylation sites (tertiary alicyclic amines) is 1. The quantitative estimate of drug-likeness (QED) is 0.884. The first-order valence-electron chi connectivity index (χ1n) is 9.19. The fraction of sp³-hybridized carbons (Fsp3) is 0.474. The summed E-state index contributed by atoms with van der Waals surface area (Å²) in [6.07, 6.45) is 7.96. The molecule has 1 amide bonds. The highest BCUT2D eigenvalue weighted by Crippen LogP contribution is 2.22. The van der Waals surface area contributed by atoms with E-state index in [1.165, 1.54) is 0 Å². The van der Waals surface area contributed by atoms with Gasteiger partial charge in [0.05, 0.1) is 18.1 Å². The lowest BCUT2D eigenvalue weighted by molar-refractivity contribution is -0.124. The zero-order valence-corrected chi connectivity index (χ0v) is 14.7. The average Bonchev–Trinajstić information content (AvgIpc) is 3.11. The molecule has 2 saturated heterocycles. The van der Waals surface area contributed by atoms with Crippen LogP contribution in [0.3, 0.4) is 0 Å². The van der Waals surface area contributed by atoms with Crippen LogP contribution in [0.2, 0.25) is 0 Å². The number of rotatable bonds is 4. The number of amides is 1. The fourth-order valence-electron chi connectivity index (χ4n) is 3.89. The maximum Gasteiger partial charge on any atom is 0.253 e. The van der Waals surface area contributed by atoms with E-state index in [1.807, 2.05) is 12.1 Å². The minimum absolute atomic E-state index is 0.0311. The second kappa shape index (κ2) is 7.37. The number of carbonyl (C=O) groups excluding carboxylic acids is 1. The SMILES string of the molecule is O=C1NCCC1N1CCC(Cn2cnc(-c3cccnc3)cc2=O)CC1. The summed E-state index contributed by atoms with van der Waals surface area (Å²) in [6, 6.07) is 5.35. The summed E-state index contributed by atoms with van der Waals surface area (Å²) in [5, 5.41) is 2.91. The Kier molecular flexibility index (Phi) is 4.79. The van der Waals surface area contributed by atoms with Gasteiger partial charge in [0, 0.05) is 37.1 Å². The van der Waals surface area contributed by atoms with Gasteiger partial charge in [-0.25, -0.2) is 4.98 Å². The summed E-state index contributed by atoms with van der Waals surface area (Å²) in [7, 11) is 0. The molecule has 2 aromatic rings. The van der Waals surface area contributed by atoms with Crippen LogP contribution >= 0.6 is 0 Å². The molecule has 1 unspecified atom stereocenters. The van der Waals surface area contributed by atoms with Gasteiger partial charge in [0.15, 0.2) is 0 Å². The van der Waals surface area contributed by atoms with Crippen molar-refractivity contribution in [2.75, 3.05) is 19.6 Å². The molecule has 4 rings (SSSR count). The molecule has 2 aliphatic rings. The first kappa shape index (κ1) is 16.9. The van der Waals surface area contributed by atoms with E-state index in [9.17, 15) is 9.59 Å². The van der Waals surface area contributed by atoms with Crippen molar-refractivity contribution in [3.8, 4) is 11.3 Å². The summed E-state index contributed by atoms with van der Waals surface area (Å²) in [6.45, 7) is 3.30. The van der Waals surface area contributed by atoms with Gasteiger partial charge in [-0.2, -0.15) is 0 Å². The monoisotopic (exact) mass is 353 g/mol. The third-order valence-corrected chi connectivity index (χ3v) is 5.40. The van der Waals surface area contributed by atoms with E-state index in [0.717, 1.165) is 44.5 Å². The number of aromatic nitrogens is 3. The third-order valence-electron chi connectivity index (χ3n) is 5.40. The van der Waals surface area contributed by atoms with E-state index in [2.05, 4.69) is 20.2 Å². The van der Waals surface area contributed by atoms with Crippen LogP contribution < -0.4 is 10.9 Å². The predicted molar refractivity (Wildman–Crippen MR) is 97.4 cm³/mol. The van der Waals surface area contributed by atoms with E-state index in [4.69, 9.17) is 0 Å². The molecule has 0 radical (unpaired) electrons. The normalized spacial score (nSPS) is 21.7. The van der Waals surface area contributed by atoms with Crippen molar-refractivity contribution < 1.29 is 4.79 Å². The van der Waals surface area contributed by atoms with Crippen molar-refractivity contribution in [1.29, 1.82) is 0 Å². The second-order valence-corrected chi connectivity index (χ2v) is 7.08. The van der Waals surface area contributed by atoms with Gasteiger partial charge in [0.1, 0.15) is 0 Å². The first-order valence-corrected chi connectivity index (χ1v) is 9.19. The van der Waals surface area contributed by atoms with Crippen molar-refractivity contribution in [2.24, 2.45) is 5.92 Å². The zero-order chi connectivity index (χ0) is 17.9. The molecule has 26 heavy (non-hydrogen) atoms. The van der Waals surface area contributed by atoms with Crippen LogP contribution in [0.5, 0.6) is 0 Å². The maximum atomic E-state index is 12.4. The Labute approximate surface area is 152 Å². The number of hydrogen-bond acceptors (Lipinski definition) is 5. The molecule has 0 spiro atoms. The Balaban J connectivity index is 1.38. The number of hydrogen-bond donors (Lipinski definition) is 1. The predicted octanol–water partition coefficient (Wildman–Crippen LogP) is 0.906. The molecule has 7 heteroatoms. The highest BCUT2D eigenvalue weighted by molar-refractivity contribution is 5.83. The number of piperidine rings is 1. The Bertz CT molecular complexity index is 827. The second-order valence-electron chi connectivity index (χ2n) is 7.08. The molecule has 2 aliphatic heterocycles. The van der Waals surface area contributed by atoms with Gasteiger partial charge in [-0.3, -0.25) is 24.0 Å². The van der Waals surface area contributed by atoms with Crippen LogP contribution in [0.25, 0.3) is 11.3 Å². The van der Waals surface area contributed by atoms with Crippen molar-refractivity contribution >= 4 is 5.91 Å². The summed E-state index contributed by atoms with van der Waals surface area (Å²) >= 11 is 0. The summed E-state index contributed by atoms with van der Waals surface area (Å²) in [4.78, 5) is 35.0. The molecule has 0 saturated carbocycles. The summed E-state index contributed by atoms with van der Waals surface area (Å²) in [5.74, 6) is 0.606. The fourth-order valence-corrected chi connectivity index (χ4v) is 3.89. The molecule has 2 fully saturated rings. The highest BCUT2D eigenvalue weighted by atomic mass is 16.2. The van der Waals surface area contributed by atoms with Crippen LogP contribution in [0.4, 0.5) is 0 Å². The molecule has 1 atom stereocenters. The smallest absolute Gasteiger partial charge is 0.253 e. The van der Waals surface area contributed by atoms with Gasteiger partial charge in [0.2, 0.25) is 5.91 Å². The van der Waals surface area contributed by atoms with Crippen molar-refractivity contribution in [1.82, 2.24) is 24.8 Å². The number of carbonyl (C=O) groups is 1. The molecule has 2 aromatic heterocycles. The minimum atomic E-state index is -0.0311.